The number of nitrogens with one attached hydrogen (secondary N) is 1. The molecule has 0 atom stereocenters. The van der Waals surface area contributed by atoms with E-state index in [1.54, 1.807) is 6.20 Å². The molecule has 6 heteroatoms. The lowest BCUT2D eigenvalue weighted by Crippen LogP contribution is -2.23. The molecule has 0 bridgehead atoms. The maximum absolute atomic E-state index is 6.03. The number of guanidine groups is 1. The Bertz CT molecular complexity index is 885. The molecule has 3 rings (SSSR count). The van der Waals surface area contributed by atoms with Gasteiger partial charge < -0.3 is 20.4 Å². The van der Waals surface area contributed by atoms with Crippen molar-refractivity contribution in [3.05, 3.63) is 78.4 Å². The molecule has 0 spiro atoms. The third kappa shape index (κ3) is 5.87. The van der Waals surface area contributed by atoms with Crippen LogP contribution in [0.25, 0.3) is 0 Å². The van der Waals surface area contributed by atoms with Crippen molar-refractivity contribution in [3.63, 3.8) is 0 Å². The van der Waals surface area contributed by atoms with E-state index in [4.69, 9.17) is 10.5 Å². The van der Waals surface area contributed by atoms with Crippen LogP contribution in [0, 0.1) is 0 Å². The van der Waals surface area contributed by atoms with E-state index in [0.717, 1.165) is 30.2 Å². The second-order valence-corrected chi connectivity index (χ2v) is 6.79. The first-order valence-electron chi connectivity index (χ1n) is 9.48. The van der Waals surface area contributed by atoms with Crippen LogP contribution < -0.4 is 15.8 Å². The summed E-state index contributed by atoms with van der Waals surface area (Å²) in [6.45, 7) is 5.29. The van der Waals surface area contributed by atoms with Gasteiger partial charge in [0, 0.05) is 24.6 Å². The van der Waals surface area contributed by atoms with Gasteiger partial charge in [0.15, 0.2) is 5.96 Å². The number of aromatic nitrogens is 2. The van der Waals surface area contributed by atoms with Gasteiger partial charge in [-0.3, -0.25) is 0 Å². The first-order chi connectivity index (χ1) is 13.6. The summed E-state index contributed by atoms with van der Waals surface area (Å²) in [7, 11) is 0. The molecule has 0 unspecified atom stereocenters. The average molecular weight is 377 g/mol. The quantitative estimate of drug-likeness (QED) is 0.462. The molecule has 1 heterocycles. The fourth-order valence-electron chi connectivity index (χ4n) is 2.82. The number of imidazole rings is 1. The monoisotopic (exact) mass is 377 g/mol. The van der Waals surface area contributed by atoms with E-state index < -0.39 is 0 Å². The summed E-state index contributed by atoms with van der Waals surface area (Å²) < 4.78 is 7.75. The standard InChI is InChI=1S/C22H27N5O/c1-17(2)28-20-10-8-19(9-11-20)26-22(23)25-16-21-24-13-15-27(21)14-12-18-6-4-3-5-7-18/h3-11,13,15,17H,12,14,16H2,1-2H3,(H3,23,25,26). The van der Waals surface area contributed by atoms with E-state index in [1.807, 2.05) is 50.4 Å². The van der Waals surface area contributed by atoms with Crippen LogP contribution in [0.3, 0.4) is 0 Å². The Balaban J connectivity index is 1.54. The molecule has 0 aliphatic carbocycles. The number of anilines is 1. The summed E-state index contributed by atoms with van der Waals surface area (Å²) in [6, 6.07) is 18.1. The summed E-state index contributed by atoms with van der Waals surface area (Å²) in [4.78, 5) is 8.82. The summed E-state index contributed by atoms with van der Waals surface area (Å²) in [5.41, 5.74) is 8.19. The molecule has 0 radical (unpaired) electrons. The summed E-state index contributed by atoms with van der Waals surface area (Å²) in [6.07, 6.45) is 4.88. The number of hydrogen-bond acceptors (Lipinski definition) is 3. The van der Waals surface area contributed by atoms with Crippen LogP contribution in [0.15, 0.2) is 72.0 Å². The molecular formula is C22H27N5O. The van der Waals surface area contributed by atoms with E-state index in [9.17, 15) is 0 Å². The first kappa shape index (κ1) is 19.5. The number of aliphatic imine (C=N–C) groups is 1. The third-order valence-corrected chi connectivity index (χ3v) is 4.18. The van der Waals surface area contributed by atoms with E-state index in [-0.39, 0.29) is 6.10 Å². The van der Waals surface area contributed by atoms with E-state index in [0.29, 0.717) is 12.5 Å². The highest BCUT2D eigenvalue weighted by molar-refractivity contribution is 5.92. The molecule has 0 fully saturated rings. The molecule has 2 aromatic carbocycles. The van der Waals surface area contributed by atoms with Gasteiger partial charge in [-0.05, 0) is 50.1 Å². The van der Waals surface area contributed by atoms with Crippen LogP contribution in [-0.2, 0) is 19.5 Å². The fraction of sp³-hybridized carbons (Fsp3) is 0.273. The van der Waals surface area contributed by atoms with Crippen molar-refractivity contribution in [2.24, 2.45) is 10.7 Å². The van der Waals surface area contributed by atoms with Crippen molar-refractivity contribution in [1.82, 2.24) is 9.55 Å². The molecule has 0 saturated heterocycles. The van der Waals surface area contributed by atoms with Gasteiger partial charge in [0.2, 0.25) is 0 Å². The zero-order chi connectivity index (χ0) is 19.8. The second-order valence-electron chi connectivity index (χ2n) is 6.79. The van der Waals surface area contributed by atoms with Gasteiger partial charge in [-0.2, -0.15) is 0 Å². The van der Waals surface area contributed by atoms with Crippen LogP contribution in [0.2, 0.25) is 0 Å². The Labute approximate surface area is 166 Å². The molecule has 0 aliphatic heterocycles. The Morgan fingerprint density at radius 1 is 1.14 bits per heavy atom. The summed E-state index contributed by atoms with van der Waals surface area (Å²) in [5.74, 6) is 2.08. The molecule has 3 N–H and O–H groups in total. The molecule has 1 aromatic heterocycles. The zero-order valence-corrected chi connectivity index (χ0v) is 16.4. The Kier molecular flexibility index (Phi) is 6.68. The average Bonchev–Trinajstić information content (AvgIpc) is 3.14. The van der Waals surface area contributed by atoms with E-state index in [1.165, 1.54) is 5.56 Å². The highest BCUT2D eigenvalue weighted by atomic mass is 16.5. The van der Waals surface area contributed by atoms with E-state index >= 15 is 0 Å². The van der Waals surface area contributed by atoms with Gasteiger partial charge in [0.25, 0.3) is 0 Å². The minimum atomic E-state index is 0.149. The van der Waals surface area contributed by atoms with Crippen molar-refractivity contribution < 1.29 is 4.74 Å². The molecule has 28 heavy (non-hydrogen) atoms. The van der Waals surface area contributed by atoms with Crippen molar-refractivity contribution in [3.8, 4) is 5.75 Å². The number of nitrogens with two attached hydrogens (primary N) is 1. The summed E-state index contributed by atoms with van der Waals surface area (Å²) in [5, 5.41) is 3.10. The summed E-state index contributed by atoms with van der Waals surface area (Å²) >= 11 is 0. The molecular weight excluding hydrogens is 350 g/mol. The number of aryl methyl sites for hydroxylation is 2. The number of ether oxygens (including phenoxy) is 1. The SMILES string of the molecule is CC(C)Oc1ccc(NC(N)=NCc2nccn2CCc2ccccc2)cc1. The highest BCUT2D eigenvalue weighted by Gasteiger charge is 2.04. The van der Waals surface area contributed by atoms with Gasteiger partial charge in [-0.15, -0.1) is 0 Å². The minimum Gasteiger partial charge on any atom is -0.491 e. The maximum atomic E-state index is 6.03. The van der Waals surface area contributed by atoms with Crippen molar-refractivity contribution in [1.29, 1.82) is 0 Å². The predicted octanol–water partition coefficient (Wildman–Crippen LogP) is 3.84. The van der Waals surface area contributed by atoms with Gasteiger partial charge in [0.05, 0.1) is 6.10 Å². The lowest BCUT2D eigenvalue weighted by molar-refractivity contribution is 0.242. The minimum absolute atomic E-state index is 0.149. The van der Waals surface area contributed by atoms with Crippen LogP contribution in [0.1, 0.15) is 25.2 Å². The molecule has 0 saturated carbocycles. The predicted molar refractivity (Wildman–Crippen MR) is 114 cm³/mol. The number of benzene rings is 2. The second kappa shape index (κ2) is 9.60. The smallest absolute Gasteiger partial charge is 0.193 e. The van der Waals surface area contributed by atoms with Gasteiger partial charge in [-0.1, -0.05) is 30.3 Å². The van der Waals surface area contributed by atoms with Crippen LogP contribution >= 0.6 is 0 Å². The van der Waals surface area contributed by atoms with Crippen LogP contribution in [0.4, 0.5) is 5.69 Å². The Hall–Kier alpha value is -3.28. The van der Waals surface area contributed by atoms with Crippen molar-refractivity contribution in [2.45, 2.75) is 39.5 Å². The van der Waals surface area contributed by atoms with Gasteiger partial charge >= 0.3 is 0 Å². The molecule has 3 aromatic rings. The number of nitrogens with zero attached hydrogens (tertiary/aromatic N) is 3. The number of hydrogen-bond donors (Lipinski definition) is 2. The van der Waals surface area contributed by atoms with Crippen LogP contribution in [0.5, 0.6) is 5.75 Å². The van der Waals surface area contributed by atoms with Gasteiger partial charge in [-0.25, -0.2) is 9.98 Å². The lowest BCUT2D eigenvalue weighted by Gasteiger charge is -2.11. The molecule has 6 nitrogen and oxygen atoms in total. The molecule has 146 valence electrons. The largest absolute Gasteiger partial charge is 0.491 e. The van der Waals surface area contributed by atoms with Crippen molar-refractivity contribution in [2.75, 3.05) is 5.32 Å². The maximum Gasteiger partial charge on any atom is 0.193 e. The molecule has 0 aliphatic rings. The topological polar surface area (TPSA) is 77.5 Å². The first-order valence-corrected chi connectivity index (χ1v) is 9.48. The van der Waals surface area contributed by atoms with Gasteiger partial charge in [0.1, 0.15) is 18.1 Å². The van der Waals surface area contributed by atoms with E-state index in [2.05, 4.69) is 44.1 Å². The molecule has 0 amide bonds. The van der Waals surface area contributed by atoms with Crippen molar-refractivity contribution >= 4 is 11.6 Å². The lowest BCUT2D eigenvalue weighted by atomic mass is 10.1. The Morgan fingerprint density at radius 3 is 2.61 bits per heavy atom. The number of rotatable bonds is 8. The highest BCUT2D eigenvalue weighted by Crippen LogP contribution is 2.16. The Morgan fingerprint density at radius 2 is 1.89 bits per heavy atom. The van der Waals surface area contributed by atoms with Crippen LogP contribution in [-0.4, -0.2) is 21.6 Å². The fourth-order valence-corrected chi connectivity index (χ4v) is 2.82. The zero-order valence-electron chi connectivity index (χ0n) is 16.4. The third-order valence-electron chi connectivity index (χ3n) is 4.18. The normalized spacial score (nSPS) is 11.6.